The van der Waals surface area contributed by atoms with Crippen LogP contribution in [0.15, 0.2) is 103 Å². The maximum atomic E-state index is 13.6. The highest BCUT2D eigenvalue weighted by molar-refractivity contribution is 5.87. The molecule has 0 aliphatic carbocycles. The molecule has 1 fully saturated rings. The summed E-state index contributed by atoms with van der Waals surface area (Å²) in [5.41, 5.74) is 7.23. The number of aliphatic carboxylic acids is 1. The number of benzene rings is 3. The van der Waals surface area contributed by atoms with E-state index in [1.165, 1.54) is 0 Å². The molecule has 39 heavy (non-hydrogen) atoms. The van der Waals surface area contributed by atoms with Crippen molar-refractivity contribution in [2.75, 3.05) is 6.61 Å². The van der Waals surface area contributed by atoms with E-state index in [1.807, 2.05) is 115 Å². The van der Waals surface area contributed by atoms with E-state index in [-0.39, 0.29) is 18.4 Å². The van der Waals surface area contributed by atoms with Gasteiger partial charge in [0.05, 0.1) is 25.0 Å². The predicted octanol–water partition coefficient (Wildman–Crippen LogP) is 5.41. The van der Waals surface area contributed by atoms with Gasteiger partial charge in [-0.3, -0.25) is 15.0 Å². The van der Waals surface area contributed by atoms with E-state index in [9.17, 15) is 14.7 Å². The summed E-state index contributed by atoms with van der Waals surface area (Å²) in [6.07, 6.45) is 4.07. The van der Waals surface area contributed by atoms with Crippen LogP contribution in [0.1, 0.15) is 37.3 Å². The van der Waals surface area contributed by atoms with Crippen LogP contribution in [0.25, 0.3) is 16.8 Å². The monoisotopic (exact) mass is 523 g/mol. The number of hydrogen-bond acceptors (Lipinski definition) is 4. The van der Waals surface area contributed by atoms with Gasteiger partial charge in [0.2, 0.25) is 5.91 Å². The highest BCUT2D eigenvalue weighted by atomic mass is 16.5. The SMILES string of the molecule is CC1(C)OC[C@H](Cc2ccccc2)N1NC(=O)[C@H](CC(=O)O)c1ccn(-c2ccc(-c3ccccc3)cc2)c1. The van der Waals surface area contributed by atoms with Gasteiger partial charge in [0.25, 0.3) is 0 Å². The Morgan fingerprint density at radius 1 is 0.949 bits per heavy atom. The largest absolute Gasteiger partial charge is 0.481 e. The fraction of sp³-hybridized carbons (Fsp3) is 0.250. The summed E-state index contributed by atoms with van der Waals surface area (Å²) < 4.78 is 7.91. The molecule has 7 heteroatoms. The number of carboxylic acid groups (broad SMARTS) is 1. The summed E-state index contributed by atoms with van der Waals surface area (Å²) in [6.45, 7) is 4.27. The fourth-order valence-electron chi connectivity index (χ4n) is 5.12. The minimum absolute atomic E-state index is 0.0791. The zero-order chi connectivity index (χ0) is 27.4. The van der Waals surface area contributed by atoms with Crippen LogP contribution >= 0.6 is 0 Å². The molecule has 1 aliphatic rings. The van der Waals surface area contributed by atoms with Crippen molar-refractivity contribution in [2.24, 2.45) is 0 Å². The first-order valence-corrected chi connectivity index (χ1v) is 13.1. The van der Waals surface area contributed by atoms with Crippen molar-refractivity contribution >= 4 is 11.9 Å². The lowest BCUT2D eigenvalue weighted by Gasteiger charge is -2.34. The average molecular weight is 524 g/mol. The Labute approximate surface area is 228 Å². The third-order valence-corrected chi connectivity index (χ3v) is 7.20. The lowest BCUT2D eigenvalue weighted by Crippen LogP contribution is -2.56. The van der Waals surface area contributed by atoms with Gasteiger partial charge in [0, 0.05) is 18.1 Å². The van der Waals surface area contributed by atoms with Gasteiger partial charge in [0.1, 0.15) is 5.72 Å². The second kappa shape index (κ2) is 11.3. The summed E-state index contributed by atoms with van der Waals surface area (Å²) >= 11 is 0. The first-order valence-electron chi connectivity index (χ1n) is 13.1. The molecule has 4 aromatic rings. The number of hydrazine groups is 1. The number of aromatic nitrogens is 1. The molecule has 0 radical (unpaired) electrons. The maximum absolute atomic E-state index is 13.6. The van der Waals surface area contributed by atoms with Crippen molar-refractivity contribution in [1.82, 2.24) is 15.0 Å². The first kappa shape index (κ1) is 26.4. The van der Waals surface area contributed by atoms with E-state index in [4.69, 9.17) is 4.74 Å². The molecular formula is C32H33N3O4. The molecule has 0 unspecified atom stereocenters. The Morgan fingerprint density at radius 2 is 1.59 bits per heavy atom. The molecule has 2 heterocycles. The topological polar surface area (TPSA) is 83.8 Å². The van der Waals surface area contributed by atoms with Gasteiger partial charge in [-0.1, -0.05) is 72.8 Å². The third-order valence-electron chi connectivity index (χ3n) is 7.20. The zero-order valence-corrected chi connectivity index (χ0v) is 22.2. The number of nitrogens with zero attached hydrogens (tertiary/aromatic N) is 2. The average Bonchev–Trinajstić information content (AvgIpc) is 3.53. The van der Waals surface area contributed by atoms with Gasteiger partial charge < -0.3 is 14.4 Å². The quantitative estimate of drug-likeness (QED) is 0.306. The Kier molecular flexibility index (Phi) is 7.63. The van der Waals surface area contributed by atoms with Crippen molar-refractivity contribution in [3.63, 3.8) is 0 Å². The predicted molar refractivity (Wildman–Crippen MR) is 150 cm³/mol. The van der Waals surface area contributed by atoms with Crippen LogP contribution in [0.3, 0.4) is 0 Å². The number of ether oxygens (including phenoxy) is 1. The summed E-state index contributed by atoms with van der Waals surface area (Å²) in [5.74, 6) is -2.26. The summed E-state index contributed by atoms with van der Waals surface area (Å²) in [5, 5.41) is 11.5. The minimum Gasteiger partial charge on any atom is -0.481 e. The Morgan fingerprint density at radius 3 is 2.26 bits per heavy atom. The lowest BCUT2D eigenvalue weighted by molar-refractivity contribution is -0.144. The van der Waals surface area contributed by atoms with E-state index < -0.39 is 17.6 Å². The van der Waals surface area contributed by atoms with Crippen molar-refractivity contribution in [1.29, 1.82) is 0 Å². The number of carbonyl (C=O) groups excluding carboxylic acids is 1. The summed E-state index contributed by atoms with van der Waals surface area (Å²) in [6, 6.07) is 30.0. The maximum Gasteiger partial charge on any atom is 0.304 e. The van der Waals surface area contributed by atoms with Crippen molar-refractivity contribution in [3.05, 3.63) is 115 Å². The molecule has 1 amide bonds. The van der Waals surface area contributed by atoms with Crippen molar-refractivity contribution < 1.29 is 19.4 Å². The molecule has 2 atom stereocenters. The standard InChI is InChI=1S/C32H33N3O4/c1-32(2)35(28(22-39-32)19-23-9-5-3-6-10-23)33-31(38)29(20-30(36)37)26-17-18-34(21-26)27-15-13-25(14-16-27)24-11-7-4-8-12-24/h3-18,21,28-29H,19-20,22H2,1-2H3,(H,33,38)(H,36,37)/t28-,29+/m0/s1. The van der Waals surface area contributed by atoms with Gasteiger partial charge >= 0.3 is 5.97 Å². The van der Waals surface area contributed by atoms with E-state index in [0.717, 1.165) is 22.4 Å². The Bertz CT molecular complexity index is 1410. The molecular weight excluding hydrogens is 490 g/mol. The molecule has 3 aromatic carbocycles. The molecule has 200 valence electrons. The fourth-order valence-corrected chi connectivity index (χ4v) is 5.12. The molecule has 7 nitrogen and oxygen atoms in total. The van der Waals surface area contributed by atoms with Gasteiger partial charge in [-0.15, -0.1) is 0 Å². The smallest absolute Gasteiger partial charge is 0.304 e. The highest BCUT2D eigenvalue weighted by Gasteiger charge is 2.42. The summed E-state index contributed by atoms with van der Waals surface area (Å²) in [4.78, 5) is 25.4. The van der Waals surface area contributed by atoms with E-state index in [2.05, 4.69) is 17.6 Å². The number of nitrogens with one attached hydrogen (secondary N) is 1. The van der Waals surface area contributed by atoms with Gasteiger partial charge in [0.15, 0.2) is 0 Å². The van der Waals surface area contributed by atoms with Crippen LogP contribution < -0.4 is 5.43 Å². The van der Waals surface area contributed by atoms with Crippen LogP contribution in [0.2, 0.25) is 0 Å². The molecule has 0 spiro atoms. The van der Waals surface area contributed by atoms with Crippen LogP contribution in [0.5, 0.6) is 0 Å². The van der Waals surface area contributed by atoms with Gasteiger partial charge in [-0.2, -0.15) is 5.01 Å². The normalized spacial score (nSPS) is 17.5. The second-order valence-electron chi connectivity index (χ2n) is 10.4. The highest BCUT2D eigenvalue weighted by Crippen LogP contribution is 2.29. The van der Waals surface area contributed by atoms with Gasteiger partial charge in [-0.05, 0) is 60.7 Å². The molecule has 1 saturated heterocycles. The molecule has 1 aliphatic heterocycles. The molecule has 2 N–H and O–H groups in total. The molecule has 0 bridgehead atoms. The zero-order valence-electron chi connectivity index (χ0n) is 22.2. The van der Waals surface area contributed by atoms with Crippen molar-refractivity contribution in [2.45, 2.75) is 44.4 Å². The van der Waals surface area contributed by atoms with E-state index in [1.54, 1.807) is 0 Å². The van der Waals surface area contributed by atoms with Crippen LogP contribution in [-0.4, -0.2) is 44.9 Å². The third kappa shape index (κ3) is 6.11. The lowest BCUT2D eigenvalue weighted by atomic mass is 9.97. The first-order chi connectivity index (χ1) is 18.8. The van der Waals surface area contributed by atoms with E-state index in [0.29, 0.717) is 18.6 Å². The minimum atomic E-state index is -1.03. The van der Waals surface area contributed by atoms with Crippen LogP contribution in [0, 0.1) is 0 Å². The van der Waals surface area contributed by atoms with Crippen molar-refractivity contribution in [3.8, 4) is 16.8 Å². The molecule has 1 aromatic heterocycles. The number of carboxylic acids is 1. The van der Waals surface area contributed by atoms with Gasteiger partial charge in [-0.25, -0.2) is 0 Å². The number of amides is 1. The molecule has 0 saturated carbocycles. The number of rotatable bonds is 9. The van der Waals surface area contributed by atoms with Crippen LogP contribution in [-0.2, 0) is 20.7 Å². The van der Waals surface area contributed by atoms with E-state index >= 15 is 0 Å². The Balaban J connectivity index is 1.34. The second-order valence-corrected chi connectivity index (χ2v) is 10.4. The number of carbonyl (C=O) groups is 2. The molecule has 5 rings (SSSR count). The Hall–Kier alpha value is -4.20. The summed E-state index contributed by atoms with van der Waals surface area (Å²) in [7, 11) is 0. The number of hydrogen-bond donors (Lipinski definition) is 2. The van der Waals surface area contributed by atoms with Crippen LogP contribution in [0.4, 0.5) is 0 Å².